The van der Waals surface area contributed by atoms with Crippen molar-refractivity contribution in [3.63, 3.8) is 0 Å². The molecule has 3 rings (SSSR count). The highest BCUT2D eigenvalue weighted by molar-refractivity contribution is 7.95. The fourth-order valence-electron chi connectivity index (χ4n) is 2.95. The van der Waals surface area contributed by atoms with E-state index in [0.717, 1.165) is 5.57 Å². The molecule has 1 aliphatic carbocycles. The predicted molar refractivity (Wildman–Crippen MR) is 68.9 cm³/mol. The standard InChI is InChI=1S/C14H14O4S/c1-9-7-11-12(8-18-14(11)15)13(9)19(16,17)10-5-3-2-4-6-10/h2-6,11-12H,7-8H2,1H3/t11-,12-/m1/s1. The number of sulfone groups is 1. The quantitative estimate of drug-likeness (QED) is 0.776. The van der Waals surface area contributed by atoms with Gasteiger partial charge >= 0.3 is 5.97 Å². The Kier molecular flexibility index (Phi) is 2.74. The van der Waals surface area contributed by atoms with Gasteiger partial charge in [0.1, 0.15) is 0 Å². The molecular formula is C14H14O4S. The molecule has 1 fully saturated rings. The van der Waals surface area contributed by atoms with Gasteiger partial charge in [0, 0.05) is 5.92 Å². The van der Waals surface area contributed by atoms with Crippen LogP contribution in [0.4, 0.5) is 0 Å². The summed E-state index contributed by atoms with van der Waals surface area (Å²) in [6.07, 6.45) is 0.491. The SMILES string of the molecule is CC1=C(S(=O)(=O)c2ccccc2)[C@@H]2COC(=O)[C@@H]2C1. The van der Waals surface area contributed by atoms with E-state index in [-0.39, 0.29) is 29.3 Å². The zero-order chi connectivity index (χ0) is 13.6. The van der Waals surface area contributed by atoms with Crippen molar-refractivity contribution in [3.05, 3.63) is 40.8 Å². The molecule has 1 heterocycles. The minimum Gasteiger partial charge on any atom is -0.465 e. The predicted octanol–water partition coefficient (Wildman–Crippen LogP) is 1.93. The Hall–Kier alpha value is -1.62. The van der Waals surface area contributed by atoms with Gasteiger partial charge in [0.2, 0.25) is 9.84 Å². The van der Waals surface area contributed by atoms with E-state index in [4.69, 9.17) is 4.74 Å². The topological polar surface area (TPSA) is 60.4 Å². The third-order valence-corrected chi connectivity index (χ3v) is 5.94. The van der Waals surface area contributed by atoms with Crippen LogP contribution < -0.4 is 0 Å². The number of hydrogen-bond acceptors (Lipinski definition) is 4. The van der Waals surface area contributed by atoms with Crippen molar-refractivity contribution >= 4 is 15.8 Å². The molecule has 1 saturated heterocycles. The summed E-state index contributed by atoms with van der Waals surface area (Å²) in [5.41, 5.74) is 0.788. The molecule has 0 saturated carbocycles. The van der Waals surface area contributed by atoms with Gasteiger partial charge in [0.05, 0.1) is 22.3 Å². The van der Waals surface area contributed by atoms with Crippen molar-refractivity contribution in [2.75, 3.05) is 6.61 Å². The summed E-state index contributed by atoms with van der Waals surface area (Å²) in [5, 5.41) is 0. The number of hydrogen-bond donors (Lipinski definition) is 0. The number of benzene rings is 1. The number of fused-ring (bicyclic) bond motifs is 1. The van der Waals surface area contributed by atoms with E-state index in [1.165, 1.54) is 0 Å². The van der Waals surface area contributed by atoms with E-state index < -0.39 is 9.84 Å². The summed E-state index contributed by atoms with van der Waals surface area (Å²) in [5.74, 6) is -0.895. The molecular weight excluding hydrogens is 264 g/mol. The van der Waals surface area contributed by atoms with Crippen LogP contribution in [0.2, 0.25) is 0 Å². The second-order valence-corrected chi connectivity index (χ2v) is 6.93. The van der Waals surface area contributed by atoms with Crippen molar-refractivity contribution in [1.29, 1.82) is 0 Å². The first-order valence-electron chi connectivity index (χ1n) is 6.18. The molecule has 0 spiro atoms. The van der Waals surface area contributed by atoms with Gasteiger partial charge in [-0.2, -0.15) is 0 Å². The molecule has 0 radical (unpaired) electrons. The van der Waals surface area contributed by atoms with Crippen molar-refractivity contribution in [3.8, 4) is 0 Å². The van der Waals surface area contributed by atoms with Gasteiger partial charge < -0.3 is 4.74 Å². The van der Waals surface area contributed by atoms with Crippen LogP contribution in [0.3, 0.4) is 0 Å². The molecule has 1 aromatic carbocycles. The number of ether oxygens (including phenoxy) is 1. The van der Waals surface area contributed by atoms with E-state index in [1.807, 2.05) is 0 Å². The van der Waals surface area contributed by atoms with Crippen LogP contribution in [0.1, 0.15) is 13.3 Å². The summed E-state index contributed by atoms with van der Waals surface area (Å²) in [7, 11) is -3.52. The lowest BCUT2D eigenvalue weighted by atomic mass is 9.99. The maximum Gasteiger partial charge on any atom is 0.310 e. The molecule has 19 heavy (non-hydrogen) atoms. The highest BCUT2D eigenvalue weighted by Gasteiger charge is 2.48. The van der Waals surface area contributed by atoms with Gasteiger partial charge in [0.15, 0.2) is 0 Å². The molecule has 0 unspecified atom stereocenters. The molecule has 2 atom stereocenters. The van der Waals surface area contributed by atoms with Crippen LogP contribution >= 0.6 is 0 Å². The Labute approximate surface area is 112 Å². The third kappa shape index (κ3) is 1.80. The fourth-order valence-corrected chi connectivity index (χ4v) is 4.89. The number of esters is 1. The first-order valence-corrected chi connectivity index (χ1v) is 7.66. The summed E-state index contributed by atoms with van der Waals surface area (Å²) in [6, 6.07) is 8.35. The summed E-state index contributed by atoms with van der Waals surface area (Å²) in [6.45, 7) is 1.98. The zero-order valence-electron chi connectivity index (χ0n) is 10.5. The van der Waals surface area contributed by atoms with Crippen LogP contribution in [0.15, 0.2) is 45.7 Å². The van der Waals surface area contributed by atoms with Crippen molar-refractivity contribution in [1.82, 2.24) is 0 Å². The lowest BCUT2D eigenvalue weighted by molar-refractivity contribution is -0.141. The first-order chi connectivity index (χ1) is 9.01. The number of cyclic esters (lactones) is 1. The van der Waals surface area contributed by atoms with E-state index >= 15 is 0 Å². The smallest absolute Gasteiger partial charge is 0.310 e. The molecule has 4 nitrogen and oxygen atoms in total. The average Bonchev–Trinajstić information content (AvgIpc) is 2.90. The molecule has 2 aliphatic rings. The third-order valence-electron chi connectivity index (χ3n) is 3.82. The number of carbonyl (C=O) groups is 1. The Morgan fingerprint density at radius 1 is 1.16 bits per heavy atom. The maximum absolute atomic E-state index is 12.7. The minimum atomic E-state index is -3.52. The minimum absolute atomic E-state index is 0.183. The van der Waals surface area contributed by atoms with Crippen LogP contribution in [0.25, 0.3) is 0 Å². The van der Waals surface area contributed by atoms with Gasteiger partial charge in [-0.25, -0.2) is 8.42 Å². The second-order valence-electron chi connectivity index (χ2n) is 5.01. The number of carbonyl (C=O) groups excluding carboxylic acids is 1. The first kappa shape index (κ1) is 12.4. The van der Waals surface area contributed by atoms with Crippen LogP contribution in [-0.4, -0.2) is 21.0 Å². The molecule has 5 heteroatoms. The van der Waals surface area contributed by atoms with Gasteiger partial charge in [-0.3, -0.25) is 4.79 Å². The Morgan fingerprint density at radius 3 is 2.53 bits per heavy atom. The average molecular weight is 278 g/mol. The van der Waals surface area contributed by atoms with Crippen LogP contribution in [0.5, 0.6) is 0 Å². The molecule has 0 amide bonds. The summed E-state index contributed by atoms with van der Waals surface area (Å²) < 4.78 is 30.3. The van der Waals surface area contributed by atoms with Crippen molar-refractivity contribution in [2.45, 2.75) is 18.2 Å². The largest absolute Gasteiger partial charge is 0.465 e. The molecule has 1 aliphatic heterocycles. The lowest BCUT2D eigenvalue weighted by Crippen LogP contribution is -2.17. The maximum atomic E-state index is 12.7. The molecule has 100 valence electrons. The highest BCUT2D eigenvalue weighted by Crippen LogP contribution is 2.45. The highest BCUT2D eigenvalue weighted by atomic mass is 32.2. The lowest BCUT2D eigenvalue weighted by Gasteiger charge is -2.12. The number of rotatable bonds is 2. The normalized spacial score (nSPS) is 26.5. The van der Waals surface area contributed by atoms with E-state index in [9.17, 15) is 13.2 Å². The Bertz CT molecular complexity index is 658. The summed E-state index contributed by atoms with van der Waals surface area (Å²) in [4.78, 5) is 12.2. The molecule has 0 aromatic heterocycles. The fraction of sp³-hybridized carbons (Fsp3) is 0.357. The van der Waals surface area contributed by atoms with Gasteiger partial charge in [0.25, 0.3) is 0 Å². The van der Waals surface area contributed by atoms with Gasteiger partial charge in [-0.05, 0) is 25.5 Å². The monoisotopic (exact) mass is 278 g/mol. The van der Waals surface area contributed by atoms with Crippen molar-refractivity contribution in [2.24, 2.45) is 11.8 Å². The van der Waals surface area contributed by atoms with E-state index in [2.05, 4.69) is 0 Å². The van der Waals surface area contributed by atoms with Crippen molar-refractivity contribution < 1.29 is 17.9 Å². The van der Waals surface area contributed by atoms with Crippen LogP contribution in [-0.2, 0) is 19.4 Å². The zero-order valence-corrected chi connectivity index (χ0v) is 11.3. The molecule has 0 bridgehead atoms. The summed E-state index contributed by atoms with van der Waals surface area (Å²) >= 11 is 0. The van der Waals surface area contributed by atoms with E-state index in [1.54, 1.807) is 37.3 Å². The van der Waals surface area contributed by atoms with Crippen LogP contribution in [0, 0.1) is 11.8 Å². The van der Waals surface area contributed by atoms with Gasteiger partial charge in [-0.1, -0.05) is 23.8 Å². The molecule has 1 aromatic rings. The second kappa shape index (κ2) is 4.20. The Balaban J connectivity index is 2.07. The Morgan fingerprint density at radius 2 is 1.84 bits per heavy atom. The van der Waals surface area contributed by atoms with Gasteiger partial charge in [-0.15, -0.1) is 0 Å². The molecule has 0 N–H and O–H groups in total. The van der Waals surface area contributed by atoms with E-state index in [0.29, 0.717) is 11.3 Å². The number of allylic oxidation sites excluding steroid dienone is 1.